The topological polar surface area (TPSA) is 89.2 Å². The van der Waals surface area contributed by atoms with Gasteiger partial charge in [0.25, 0.3) is 5.91 Å². The maximum Gasteiger partial charge on any atom is 0.305 e. The Morgan fingerprint density at radius 3 is 2.52 bits per heavy atom. The molecule has 27 heavy (non-hydrogen) atoms. The van der Waals surface area contributed by atoms with Crippen molar-refractivity contribution < 1.29 is 28.6 Å². The fraction of sp³-hybridized carbons (Fsp3) is 0.400. The molecular formula is C20H23NO6. The molecular weight excluding hydrogens is 350 g/mol. The Balaban J connectivity index is 2.01. The van der Waals surface area contributed by atoms with Gasteiger partial charge in [-0.3, -0.25) is 9.59 Å². The van der Waals surface area contributed by atoms with Crippen molar-refractivity contribution >= 4 is 11.9 Å². The van der Waals surface area contributed by atoms with Gasteiger partial charge in [-0.25, -0.2) is 0 Å². The average molecular weight is 373 g/mol. The number of hydrogen-bond acceptors (Lipinski definition) is 5. The molecule has 1 aromatic heterocycles. The molecule has 0 aliphatic carbocycles. The Hall–Kier alpha value is -2.96. The predicted molar refractivity (Wildman–Crippen MR) is 97.4 cm³/mol. The van der Waals surface area contributed by atoms with Gasteiger partial charge in [0.1, 0.15) is 5.76 Å². The zero-order valence-electron chi connectivity index (χ0n) is 15.7. The van der Waals surface area contributed by atoms with Crippen molar-refractivity contribution in [2.45, 2.75) is 32.2 Å². The Kier molecular flexibility index (Phi) is 5.39. The van der Waals surface area contributed by atoms with Crippen LogP contribution in [0.5, 0.6) is 11.5 Å². The van der Waals surface area contributed by atoms with Crippen molar-refractivity contribution in [1.29, 1.82) is 0 Å². The van der Waals surface area contributed by atoms with Gasteiger partial charge in [0.2, 0.25) is 0 Å². The number of carbonyl (C=O) groups is 2. The number of furan rings is 1. The van der Waals surface area contributed by atoms with Gasteiger partial charge in [-0.2, -0.15) is 0 Å². The first-order chi connectivity index (χ1) is 13.0. The van der Waals surface area contributed by atoms with Crippen LogP contribution in [0.15, 0.2) is 28.7 Å². The maximum atomic E-state index is 13.0. The lowest BCUT2D eigenvalue weighted by Crippen LogP contribution is -2.41. The van der Waals surface area contributed by atoms with Crippen LogP contribution in [0.1, 0.15) is 46.8 Å². The van der Waals surface area contributed by atoms with Gasteiger partial charge < -0.3 is 23.9 Å². The molecule has 144 valence electrons. The molecule has 0 spiro atoms. The molecule has 1 amide bonds. The van der Waals surface area contributed by atoms with E-state index in [1.54, 1.807) is 30.2 Å². The quantitative estimate of drug-likeness (QED) is 0.837. The molecule has 0 radical (unpaired) electrons. The van der Waals surface area contributed by atoms with Crippen molar-refractivity contribution in [2.75, 3.05) is 20.8 Å². The van der Waals surface area contributed by atoms with Crippen molar-refractivity contribution in [3.05, 3.63) is 46.9 Å². The molecule has 2 heterocycles. The molecule has 1 aromatic carbocycles. The second kappa shape index (κ2) is 7.73. The minimum absolute atomic E-state index is 0.199. The molecule has 1 atom stereocenters. The molecule has 0 saturated heterocycles. The number of hydrogen-bond donors (Lipinski definition) is 1. The summed E-state index contributed by atoms with van der Waals surface area (Å²) in [6.07, 6.45) is 1.08. The number of carboxylic acids is 1. The van der Waals surface area contributed by atoms with Crippen LogP contribution in [-0.4, -0.2) is 42.6 Å². The lowest BCUT2D eigenvalue weighted by atomic mass is 9.89. The molecule has 1 N–H and O–H groups in total. The molecule has 0 fully saturated rings. The monoisotopic (exact) mass is 373 g/mol. The van der Waals surface area contributed by atoms with Crippen molar-refractivity contribution in [1.82, 2.24) is 4.90 Å². The largest absolute Gasteiger partial charge is 0.493 e. The number of methoxy groups -OCH3 is 2. The van der Waals surface area contributed by atoms with E-state index in [9.17, 15) is 14.7 Å². The van der Waals surface area contributed by atoms with Crippen LogP contribution < -0.4 is 9.47 Å². The van der Waals surface area contributed by atoms with Crippen LogP contribution in [0.3, 0.4) is 0 Å². The van der Waals surface area contributed by atoms with Crippen molar-refractivity contribution in [3.8, 4) is 11.5 Å². The molecule has 0 saturated carbocycles. The van der Waals surface area contributed by atoms with E-state index in [0.717, 1.165) is 16.9 Å². The summed E-state index contributed by atoms with van der Waals surface area (Å²) in [6.45, 7) is 2.35. The summed E-state index contributed by atoms with van der Waals surface area (Å²) in [7, 11) is 3.08. The Bertz CT molecular complexity index is 856. The van der Waals surface area contributed by atoms with Crippen LogP contribution >= 0.6 is 0 Å². The standard InChI is InChI=1S/C20H23NO6/c1-4-13-5-6-16(27-13)20(24)21-8-7-12-9-17(25-2)18(26-3)10-14(12)15(21)11-19(22)23/h5-6,9-10,15H,4,7-8,11H2,1-3H3,(H,22,23)/t15-/m1/s1. The predicted octanol–water partition coefficient (Wildman–Crippen LogP) is 3.07. The highest BCUT2D eigenvalue weighted by molar-refractivity contribution is 5.92. The van der Waals surface area contributed by atoms with E-state index >= 15 is 0 Å². The molecule has 3 rings (SSSR count). The van der Waals surface area contributed by atoms with E-state index in [-0.39, 0.29) is 18.1 Å². The first-order valence-corrected chi connectivity index (χ1v) is 8.84. The second-order valence-electron chi connectivity index (χ2n) is 6.39. The van der Waals surface area contributed by atoms with E-state index in [1.807, 2.05) is 13.0 Å². The highest BCUT2D eigenvalue weighted by Gasteiger charge is 2.35. The summed E-state index contributed by atoms with van der Waals surface area (Å²) in [5, 5.41) is 9.41. The van der Waals surface area contributed by atoms with Crippen LogP contribution in [0.25, 0.3) is 0 Å². The first kappa shape index (κ1) is 18.8. The van der Waals surface area contributed by atoms with Gasteiger partial charge in [0, 0.05) is 13.0 Å². The molecule has 7 nitrogen and oxygen atoms in total. The number of nitrogens with zero attached hydrogens (tertiary/aromatic N) is 1. The third-order valence-electron chi connectivity index (χ3n) is 4.85. The Morgan fingerprint density at radius 1 is 1.22 bits per heavy atom. The molecule has 1 aliphatic heterocycles. The number of fused-ring (bicyclic) bond motifs is 1. The number of amides is 1. The van der Waals surface area contributed by atoms with Crippen LogP contribution in [-0.2, 0) is 17.6 Å². The zero-order valence-corrected chi connectivity index (χ0v) is 15.7. The van der Waals surface area contributed by atoms with Crippen LogP contribution in [0, 0.1) is 0 Å². The highest BCUT2D eigenvalue weighted by atomic mass is 16.5. The first-order valence-electron chi connectivity index (χ1n) is 8.84. The number of aliphatic carboxylic acids is 1. The smallest absolute Gasteiger partial charge is 0.305 e. The van der Waals surface area contributed by atoms with Gasteiger partial charge >= 0.3 is 5.97 Å². The number of rotatable bonds is 6. The van der Waals surface area contributed by atoms with Crippen LogP contribution in [0.4, 0.5) is 0 Å². The van der Waals surface area contributed by atoms with Crippen molar-refractivity contribution in [2.24, 2.45) is 0 Å². The average Bonchev–Trinajstić information content (AvgIpc) is 3.15. The molecule has 0 unspecified atom stereocenters. The molecule has 2 aromatic rings. The van der Waals surface area contributed by atoms with Gasteiger partial charge in [-0.1, -0.05) is 6.92 Å². The van der Waals surface area contributed by atoms with E-state index < -0.39 is 12.0 Å². The van der Waals surface area contributed by atoms with Crippen LogP contribution in [0.2, 0.25) is 0 Å². The fourth-order valence-electron chi connectivity index (χ4n) is 3.48. The minimum atomic E-state index is -0.978. The summed E-state index contributed by atoms with van der Waals surface area (Å²) in [4.78, 5) is 26.1. The normalized spacial score (nSPS) is 16.0. The number of ether oxygens (including phenoxy) is 2. The van der Waals surface area contributed by atoms with Gasteiger partial charge in [0.05, 0.1) is 26.7 Å². The Labute approximate surface area is 157 Å². The maximum absolute atomic E-state index is 13.0. The fourth-order valence-corrected chi connectivity index (χ4v) is 3.48. The van der Waals surface area contributed by atoms with Gasteiger partial charge in [-0.05, 0) is 41.8 Å². The summed E-state index contributed by atoms with van der Waals surface area (Å²) in [5.74, 6) is 0.759. The van der Waals surface area contributed by atoms with E-state index in [4.69, 9.17) is 13.9 Å². The minimum Gasteiger partial charge on any atom is -0.493 e. The summed E-state index contributed by atoms with van der Waals surface area (Å²) < 4.78 is 16.3. The van der Waals surface area contributed by atoms with E-state index in [1.165, 1.54) is 7.11 Å². The lowest BCUT2D eigenvalue weighted by molar-refractivity contribution is -0.138. The van der Waals surface area contributed by atoms with Gasteiger partial charge in [0.15, 0.2) is 17.3 Å². The number of benzene rings is 1. The van der Waals surface area contributed by atoms with Crippen molar-refractivity contribution in [3.63, 3.8) is 0 Å². The second-order valence-corrected chi connectivity index (χ2v) is 6.39. The zero-order chi connectivity index (χ0) is 19.6. The lowest BCUT2D eigenvalue weighted by Gasteiger charge is -2.36. The molecule has 0 bridgehead atoms. The van der Waals surface area contributed by atoms with E-state index in [0.29, 0.717) is 30.9 Å². The number of aryl methyl sites for hydroxylation is 1. The van der Waals surface area contributed by atoms with Gasteiger partial charge in [-0.15, -0.1) is 0 Å². The van der Waals surface area contributed by atoms with E-state index in [2.05, 4.69) is 0 Å². The Morgan fingerprint density at radius 2 is 1.93 bits per heavy atom. The highest BCUT2D eigenvalue weighted by Crippen LogP contribution is 2.40. The number of carboxylic acid groups (broad SMARTS) is 1. The summed E-state index contributed by atoms with van der Waals surface area (Å²) in [6, 6.07) is 6.43. The molecule has 7 heteroatoms. The SMILES string of the molecule is CCc1ccc(C(=O)N2CCc3cc(OC)c(OC)cc3[C@H]2CC(=O)O)o1. The molecule has 1 aliphatic rings. The number of carbonyl (C=O) groups excluding carboxylic acids is 1. The third-order valence-corrected chi connectivity index (χ3v) is 4.85. The third kappa shape index (κ3) is 3.63. The summed E-state index contributed by atoms with van der Waals surface area (Å²) in [5.41, 5.74) is 1.72. The summed E-state index contributed by atoms with van der Waals surface area (Å²) >= 11 is 0.